The Bertz CT molecular complexity index is 629. The normalized spacial score (nSPS) is 11.3. The highest BCUT2D eigenvalue weighted by molar-refractivity contribution is 5.94. The fourth-order valence-corrected chi connectivity index (χ4v) is 2.10. The second-order valence-corrected chi connectivity index (χ2v) is 5.12. The lowest BCUT2D eigenvalue weighted by Crippen LogP contribution is -2.36. The molecule has 0 saturated heterocycles. The Morgan fingerprint density at radius 1 is 1.37 bits per heavy atom. The number of nitrogens with zero attached hydrogens (tertiary/aromatic N) is 2. The van der Waals surface area contributed by atoms with Crippen molar-refractivity contribution in [2.45, 2.75) is 19.4 Å². The van der Waals surface area contributed by atoms with Gasteiger partial charge in [-0.25, -0.2) is 0 Å². The third-order valence-corrected chi connectivity index (χ3v) is 2.86. The van der Waals surface area contributed by atoms with Crippen LogP contribution in [0.25, 0.3) is 10.9 Å². The number of ether oxygens (including phenoxy) is 1. The van der Waals surface area contributed by atoms with Crippen molar-refractivity contribution in [3.63, 3.8) is 0 Å². The van der Waals surface area contributed by atoms with Crippen molar-refractivity contribution in [3.05, 3.63) is 36.0 Å². The zero-order chi connectivity index (χ0) is 13.9. The van der Waals surface area contributed by atoms with Crippen LogP contribution in [-0.4, -0.2) is 24.2 Å². The van der Waals surface area contributed by atoms with Gasteiger partial charge in [0.15, 0.2) is 0 Å². The van der Waals surface area contributed by atoms with Crippen LogP contribution in [0.15, 0.2) is 30.5 Å². The van der Waals surface area contributed by atoms with Crippen LogP contribution in [0.4, 0.5) is 5.69 Å². The fraction of sp³-hybridized carbons (Fsp3) is 0.333. The van der Waals surface area contributed by atoms with Crippen molar-refractivity contribution in [1.29, 1.82) is 5.26 Å². The number of hydrogen-bond acceptors (Lipinski definition) is 4. The maximum atomic E-state index is 9.24. The summed E-state index contributed by atoms with van der Waals surface area (Å²) in [6.45, 7) is 4.62. The molecule has 0 amide bonds. The molecular formula is C15H17N3O. The molecule has 0 aliphatic carbocycles. The van der Waals surface area contributed by atoms with E-state index >= 15 is 0 Å². The van der Waals surface area contributed by atoms with Crippen LogP contribution in [-0.2, 0) is 4.74 Å². The largest absolute Gasteiger partial charge is 0.382 e. The van der Waals surface area contributed by atoms with E-state index in [0.29, 0.717) is 12.2 Å². The van der Waals surface area contributed by atoms with Gasteiger partial charge in [-0.15, -0.1) is 0 Å². The van der Waals surface area contributed by atoms with E-state index < -0.39 is 0 Å². The minimum absolute atomic E-state index is 0.259. The van der Waals surface area contributed by atoms with E-state index in [1.165, 1.54) is 0 Å². The number of anilines is 1. The lowest BCUT2D eigenvalue weighted by atomic mass is 10.0. The van der Waals surface area contributed by atoms with Crippen molar-refractivity contribution >= 4 is 16.6 Å². The van der Waals surface area contributed by atoms with Crippen LogP contribution in [0.2, 0.25) is 0 Å². The Hall–Kier alpha value is -2.12. The maximum Gasteiger partial charge on any atom is 0.103 e. The second-order valence-electron chi connectivity index (χ2n) is 5.12. The molecule has 0 aliphatic heterocycles. The molecule has 0 unspecified atom stereocenters. The summed E-state index contributed by atoms with van der Waals surface area (Å²) < 4.78 is 5.20. The number of nitriles is 1. The number of para-hydroxylation sites is 1. The average Bonchev–Trinajstić information content (AvgIpc) is 2.38. The van der Waals surface area contributed by atoms with E-state index in [9.17, 15) is 5.26 Å². The van der Waals surface area contributed by atoms with Crippen LogP contribution in [0.3, 0.4) is 0 Å². The van der Waals surface area contributed by atoms with Crippen LogP contribution in [0, 0.1) is 11.3 Å². The van der Waals surface area contributed by atoms with Crippen molar-refractivity contribution < 1.29 is 4.74 Å². The van der Waals surface area contributed by atoms with E-state index in [1.807, 2.05) is 38.1 Å². The van der Waals surface area contributed by atoms with Gasteiger partial charge in [0.1, 0.15) is 6.07 Å². The summed E-state index contributed by atoms with van der Waals surface area (Å²) in [6.07, 6.45) is 1.60. The monoisotopic (exact) mass is 255 g/mol. The van der Waals surface area contributed by atoms with Crippen LogP contribution >= 0.6 is 0 Å². The predicted octanol–water partition coefficient (Wildman–Crippen LogP) is 2.94. The van der Waals surface area contributed by atoms with Gasteiger partial charge in [0.2, 0.25) is 0 Å². The number of hydrogen-bond donors (Lipinski definition) is 1. The van der Waals surface area contributed by atoms with Crippen LogP contribution < -0.4 is 5.32 Å². The molecule has 4 heteroatoms. The Labute approximate surface area is 113 Å². The Balaban J connectivity index is 2.54. The number of benzene rings is 1. The van der Waals surface area contributed by atoms with Crippen LogP contribution in [0.5, 0.6) is 0 Å². The maximum absolute atomic E-state index is 9.24. The summed E-state index contributed by atoms with van der Waals surface area (Å²) in [5, 5.41) is 13.6. The molecule has 2 rings (SSSR count). The summed E-state index contributed by atoms with van der Waals surface area (Å²) in [7, 11) is 1.67. The Kier molecular flexibility index (Phi) is 3.68. The summed E-state index contributed by atoms with van der Waals surface area (Å²) in [6, 6.07) is 9.97. The van der Waals surface area contributed by atoms with Gasteiger partial charge in [-0.1, -0.05) is 18.2 Å². The van der Waals surface area contributed by atoms with E-state index in [0.717, 1.165) is 16.6 Å². The van der Waals surface area contributed by atoms with Gasteiger partial charge < -0.3 is 10.1 Å². The Morgan fingerprint density at radius 3 is 2.79 bits per heavy atom. The lowest BCUT2D eigenvalue weighted by molar-refractivity contribution is 0.158. The number of methoxy groups -OCH3 is 1. The predicted molar refractivity (Wildman–Crippen MR) is 76.0 cm³/mol. The highest BCUT2D eigenvalue weighted by atomic mass is 16.5. The van der Waals surface area contributed by atoms with Crippen molar-refractivity contribution in [1.82, 2.24) is 4.98 Å². The minimum atomic E-state index is -0.259. The molecule has 2 aromatic rings. The zero-order valence-corrected chi connectivity index (χ0v) is 11.4. The first kappa shape index (κ1) is 13.3. The zero-order valence-electron chi connectivity index (χ0n) is 11.4. The second kappa shape index (κ2) is 5.25. The standard InChI is InChI=1S/C15H17N3O/c1-15(2,10-19-3)18-14-11(8-16)9-17-13-7-5-4-6-12(13)14/h4-7,9H,10H2,1-3H3,(H,17,18). The third-order valence-electron chi connectivity index (χ3n) is 2.86. The average molecular weight is 255 g/mol. The molecular weight excluding hydrogens is 238 g/mol. The van der Waals surface area contributed by atoms with Gasteiger partial charge in [-0.3, -0.25) is 4.98 Å². The van der Waals surface area contributed by atoms with Crippen molar-refractivity contribution in [2.75, 3.05) is 19.0 Å². The molecule has 98 valence electrons. The summed E-state index contributed by atoms with van der Waals surface area (Å²) in [5.74, 6) is 0. The molecule has 0 bridgehead atoms. The SMILES string of the molecule is COCC(C)(C)Nc1c(C#N)cnc2ccccc12. The smallest absolute Gasteiger partial charge is 0.103 e. The number of aromatic nitrogens is 1. The number of nitrogens with one attached hydrogen (secondary N) is 1. The van der Waals surface area contributed by atoms with Crippen molar-refractivity contribution in [2.24, 2.45) is 0 Å². The highest BCUT2D eigenvalue weighted by Gasteiger charge is 2.20. The topological polar surface area (TPSA) is 57.9 Å². The van der Waals surface area contributed by atoms with Gasteiger partial charge in [0.25, 0.3) is 0 Å². The first-order chi connectivity index (χ1) is 9.07. The number of rotatable bonds is 4. The fourth-order valence-electron chi connectivity index (χ4n) is 2.10. The van der Waals surface area contributed by atoms with E-state index in [4.69, 9.17) is 4.74 Å². The van der Waals surface area contributed by atoms with E-state index in [1.54, 1.807) is 13.3 Å². The third kappa shape index (κ3) is 2.83. The molecule has 1 aromatic heterocycles. The van der Waals surface area contributed by atoms with Gasteiger partial charge in [0, 0.05) is 18.7 Å². The molecule has 0 aliphatic rings. The number of pyridine rings is 1. The summed E-state index contributed by atoms with van der Waals surface area (Å²) in [5.41, 5.74) is 1.97. The van der Waals surface area contributed by atoms with Gasteiger partial charge in [0.05, 0.1) is 28.9 Å². The molecule has 1 heterocycles. The van der Waals surface area contributed by atoms with E-state index in [-0.39, 0.29) is 5.54 Å². The highest BCUT2D eigenvalue weighted by Crippen LogP contribution is 2.28. The Morgan fingerprint density at radius 2 is 2.11 bits per heavy atom. The molecule has 0 radical (unpaired) electrons. The summed E-state index contributed by atoms with van der Waals surface area (Å²) >= 11 is 0. The van der Waals surface area contributed by atoms with Crippen LogP contribution in [0.1, 0.15) is 19.4 Å². The molecule has 1 N–H and O–H groups in total. The first-order valence-electron chi connectivity index (χ1n) is 6.12. The first-order valence-corrected chi connectivity index (χ1v) is 6.12. The van der Waals surface area contributed by atoms with Gasteiger partial charge in [-0.05, 0) is 19.9 Å². The molecule has 0 saturated carbocycles. The van der Waals surface area contributed by atoms with Gasteiger partial charge >= 0.3 is 0 Å². The number of fused-ring (bicyclic) bond motifs is 1. The minimum Gasteiger partial charge on any atom is -0.382 e. The molecule has 0 atom stereocenters. The molecule has 1 aromatic carbocycles. The molecule has 0 fully saturated rings. The molecule has 0 spiro atoms. The van der Waals surface area contributed by atoms with Crippen molar-refractivity contribution in [3.8, 4) is 6.07 Å². The van der Waals surface area contributed by atoms with E-state index in [2.05, 4.69) is 16.4 Å². The lowest BCUT2D eigenvalue weighted by Gasteiger charge is -2.27. The van der Waals surface area contributed by atoms with Gasteiger partial charge in [-0.2, -0.15) is 5.26 Å². The molecule has 19 heavy (non-hydrogen) atoms. The molecule has 4 nitrogen and oxygen atoms in total. The quantitative estimate of drug-likeness (QED) is 0.912. The summed E-state index contributed by atoms with van der Waals surface area (Å²) in [4.78, 5) is 4.29.